The number of aromatic nitrogens is 3. The monoisotopic (exact) mass is 423 g/mol. The highest BCUT2D eigenvalue weighted by molar-refractivity contribution is 6.31. The lowest BCUT2D eigenvalue weighted by molar-refractivity contribution is 0.104. The minimum absolute atomic E-state index is 0.118. The minimum atomic E-state index is -0.497. The number of ether oxygens (including phenoxy) is 1. The van der Waals surface area contributed by atoms with Gasteiger partial charge in [0.15, 0.2) is 0 Å². The van der Waals surface area contributed by atoms with Crippen molar-refractivity contribution in [3.8, 4) is 17.3 Å². The molecule has 2 aromatic heterocycles. The van der Waals surface area contributed by atoms with Gasteiger partial charge < -0.3 is 13.6 Å². The van der Waals surface area contributed by atoms with Gasteiger partial charge in [-0.3, -0.25) is 4.98 Å². The maximum Gasteiger partial charge on any atom is 0.237 e. The lowest BCUT2D eigenvalue weighted by atomic mass is 10.1. The van der Waals surface area contributed by atoms with Gasteiger partial charge in [-0.05, 0) is 37.9 Å². The van der Waals surface area contributed by atoms with Crippen LogP contribution in [0.15, 0.2) is 47.1 Å². The molecule has 6 nitrogen and oxygen atoms in total. The highest BCUT2D eigenvalue weighted by Crippen LogP contribution is 2.28. The molecule has 0 unspecified atom stereocenters. The smallest absolute Gasteiger partial charge is 0.237 e. The summed E-state index contributed by atoms with van der Waals surface area (Å²) in [5, 5.41) is 0.118. The molecule has 2 heterocycles. The zero-order valence-electron chi connectivity index (χ0n) is 18.5. The number of benzene rings is 1. The summed E-state index contributed by atoms with van der Waals surface area (Å²) >= 11 is 0. The summed E-state index contributed by atoms with van der Waals surface area (Å²) in [6.07, 6.45) is 4.00. The van der Waals surface area contributed by atoms with E-state index < -0.39 is 5.60 Å². The van der Waals surface area contributed by atoms with Gasteiger partial charge in [-0.1, -0.05) is 39.0 Å². The van der Waals surface area contributed by atoms with Gasteiger partial charge in [-0.25, -0.2) is 9.97 Å². The van der Waals surface area contributed by atoms with Crippen molar-refractivity contribution in [1.82, 2.24) is 15.0 Å². The molecule has 0 spiro atoms. The van der Waals surface area contributed by atoms with Crippen LogP contribution in [-0.2, 0) is 16.4 Å². The molecule has 0 amide bonds. The van der Waals surface area contributed by atoms with Gasteiger partial charge >= 0.3 is 0 Å². The summed E-state index contributed by atoms with van der Waals surface area (Å²) in [7, 11) is 0.375. The van der Waals surface area contributed by atoms with E-state index in [1.54, 1.807) is 12.4 Å². The number of hydrogen-bond donors (Lipinski definition) is 0. The van der Waals surface area contributed by atoms with E-state index in [0.717, 1.165) is 22.7 Å². The fourth-order valence-corrected chi connectivity index (χ4v) is 3.32. The third-order valence-electron chi connectivity index (χ3n) is 4.36. The average Bonchev–Trinajstić information content (AvgIpc) is 3.08. The topological polar surface area (TPSA) is 70.3 Å². The van der Waals surface area contributed by atoms with Crippen molar-refractivity contribution in [3.05, 3.63) is 59.9 Å². The molecule has 0 aliphatic carbocycles. The summed E-state index contributed by atoms with van der Waals surface area (Å²) < 4.78 is 17.6. The lowest BCUT2D eigenvalue weighted by Gasteiger charge is -2.28. The Morgan fingerprint density at radius 3 is 2.37 bits per heavy atom. The largest absolute Gasteiger partial charge is 0.476 e. The van der Waals surface area contributed by atoms with E-state index in [1.165, 1.54) is 0 Å². The average molecular weight is 424 g/mol. The molecule has 158 valence electrons. The molecule has 1 aromatic carbocycles. The third-order valence-corrected chi connectivity index (χ3v) is 5.58. The van der Waals surface area contributed by atoms with E-state index in [9.17, 15) is 0 Å². The van der Waals surface area contributed by atoms with Crippen LogP contribution in [0.4, 0.5) is 0 Å². The molecule has 0 fully saturated rings. The van der Waals surface area contributed by atoms with Gasteiger partial charge in [0, 0.05) is 12.0 Å². The minimum Gasteiger partial charge on any atom is -0.476 e. The second kappa shape index (κ2) is 9.10. The number of aryl methyl sites for hydroxylation is 1. The van der Waals surface area contributed by atoms with E-state index in [1.807, 2.05) is 51.1 Å². The SMILES string of the molecule is Cc1oc(-c2ccccc2)nc1CCOc1cnc(C(C)(C)O[Si]C(C)(C)C)cn1. The molecular formula is C23H29N3O3Si. The Labute approximate surface area is 181 Å². The number of hydrogen-bond acceptors (Lipinski definition) is 6. The van der Waals surface area contributed by atoms with Crippen molar-refractivity contribution in [2.45, 2.75) is 58.6 Å². The zero-order valence-corrected chi connectivity index (χ0v) is 19.5. The first-order valence-electron chi connectivity index (χ1n) is 10.1. The summed E-state index contributed by atoms with van der Waals surface area (Å²) in [5.41, 5.74) is 2.14. The van der Waals surface area contributed by atoms with Crippen LogP contribution in [-0.4, -0.2) is 31.3 Å². The Hall–Kier alpha value is -2.51. The van der Waals surface area contributed by atoms with Crippen molar-refractivity contribution in [2.75, 3.05) is 6.61 Å². The van der Waals surface area contributed by atoms with Gasteiger partial charge in [0.1, 0.15) is 5.76 Å². The van der Waals surface area contributed by atoms with Crippen LogP contribution in [0.2, 0.25) is 5.04 Å². The molecule has 0 saturated carbocycles. The van der Waals surface area contributed by atoms with Gasteiger partial charge in [0.05, 0.1) is 36.0 Å². The molecule has 0 saturated heterocycles. The molecular weight excluding hydrogens is 394 g/mol. The number of rotatable bonds is 8. The molecule has 0 bridgehead atoms. The quantitative estimate of drug-likeness (QED) is 0.467. The Morgan fingerprint density at radius 2 is 1.73 bits per heavy atom. The van der Waals surface area contributed by atoms with Crippen LogP contribution in [0.25, 0.3) is 11.5 Å². The molecule has 0 aliphatic heterocycles. The van der Waals surface area contributed by atoms with Crippen LogP contribution in [0.3, 0.4) is 0 Å². The summed E-state index contributed by atoms with van der Waals surface area (Å²) in [5.74, 6) is 1.92. The molecule has 0 atom stereocenters. The first kappa shape index (κ1) is 22.2. The van der Waals surface area contributed by atoms with Crippen LogP contribution in [0, 0.1) is 6.92 Å². The van der Waals surface area contributed by atoms with E-state index in [0.29, 0.717) is 34.6 Å². The molecule has 2 radical (unpaired) electrons. The van der Waals surface area contributed by atoms with Crippen molar-refractivity contribution in [3.63, 3.8) is 0 Å². The second-order valence-corrected chi connectivity index (χ2v) is 10.6. The molecule has 0 aliphatic rings. The van der Waals surface area contributed by atoms with Crippen molar-refractivity contribution < 1.29 is 13.6 Å². The molecule has 7 heteroatoms. The van der Waals surface area contributed by atoms with Crippen molar-refractivity contribution in [2.24, 2.45) is 0 Å². The Bertz CT molecular complexity index is 948. The predicted octanol–water partition coefficient (Wildman–Crippen LogP) is 5.15. The van der Waals surface area contributed by atoms with Crippen LogP contribution in [0.1, 0.15) is 51.8 Å². The lowest BCUT2D eigenvalue weighted by Crippen LogP contribution is -2.28. The standard InChI is InChI=1S/C23H29N3O3Si/c1-16-18(26-21(28-16)17-10-8-7-9-11-17)12-13-27-20-15-24-19(14-25-20)23(5,6)29-30-22(2,3)4/h7-11,14-15H,12-13H2,1-6H3. The maximum absolute atomic E-state index is 6.08. The third kappa shape index (κ3) is 6.00. The second-order valence-electron chi connectivity index (χ2n) is 8.69. The van der Waals surface area contributed by atoms with Crippen LogP contribution in [0.5, 0.6) is 5.88 Å². The van der Waals surface area contributed by atoms with Crippen molar-refractivity contribution in [1.29, 1.82) is 0 Å². The number of nitrogens with zero attached hydrogens (tertiary/aromatic N) is 3. The molecule has 0 N–H and O–H groups in total. The maximum atomic E-state index is 6.08. The van der Waals surface area contributed by atoms with E-state index in [2.05, 4.69) is 35.7 Å². The summed E-state index contributed by atoms with van der Waals surface area (Å²) in [4.78, 5) is 13.5. The van der Waals surface area contributed by atoms with Gasteiger partial charge in [0.2, 0.25) is 21.5 Å². The summed E-state index contributed by atoms with van der Waals surface area (Å²) in [6.45, 7) is 12.9. The Balaban J connectivity index is 1.55. The zero-order chi connectivity index (χ0) is 21.8. The van der Waals surface area contributed by atoms with Gasteiger partial charge in [-0.15, -0.1) is 0 Å². The first-order valence-corrected chi connectivity index (χ1v) is 11.0. The Kier molecular flexibility index (Phi) is 6.73. The van der Waals surface area contributed by atoms with Crippen molar-refractivity contribution >= 4 is 9.76 Å². The summed E-state index contributed by atoms with van der Waals surface area (Å²) in [6, 6.07) is 9.87. The molecule has 3 aromatic rings. The number of oxazole rings is 1. The highest BCUT2D eigenvalue weighted by atomic mass is 28.2. The van der Waals surface area contributed by atoms with Gasteiger partial charge in [-0.2, -0.15) is 0 Å². The van der Waals surface area contributed by atoms with E-state index in [4.69, 9.17) is 13.6 Å². The normalized spacial score (nSPS) is 12.2. The van der Waals surface area contributed by atoms with E-state index >= 15 is 0 Å². The molecule has 30 heavy (non-hydrogen) atoms. The van der Waals surface area contributed by atoms with Gasteiger partial charge in [0.25, 0.3) is 0 Å². The van der Waals surface area contributed by atoms with E-state index in [-0.39, 0.29) is 5.04 Å². The Morgan fingerprint density at radius 1 is 1.00 bits per heavy atom. The fraction of sp³-hybridized carbons (Fsp3) is 0.435. The highest BCUT2D eigenvalue weighted by Gasteiger charge is 2.27. The van der Waals surface area contributed by atoms with Crippen LogP contribution >= 0.6 is 0 Å². The predicted molar refractivity (Wildman–Crippen MR) is 117 cm³/mol. The molecule has 3 rings (SSSR count). The first-order chi connectivity index (χ1) is 14.1. The van der Waals surface area contributed by atoms with Crippen LogP contribution < -0.4 is 4.74 Å². The fourth-order valence-electron chi connectivity index (χ4n) is 2.65.